The third kappa shape index (κ3) is 6.71. The van der Waals surface area contributed by atoms with Crippen molar-refractivity contribution in [1.29, 1.82) is 5.41 Å². The summed E-state index contributed by atoms with van der Waals surface area (Å²) in [7, 11) is -1.87. The van der Waals surface area contributed by atoms with Crippen molar-refractivity contribution < 1.29 is 17.9 Å². The molecular weight excluding hydrogens is 544 g/mol. The zero-order valence-corrected chi connectivity index (χ0v) is 22.8. The summed E-state index contributed by atoms with van der Waals surface area (Å²) in [6.07, 6.45) is 2.54. The Hall–Kier alpha value is -3.86. The Kier molecular flexibility index (Phi) is 8.35. The molecule has 0 aliphatic heterocycles. The highest BCUT2D eigenvalue weighted by atomic mass is 35.5. The number of rotatable bonds is 9. The number of carbonyl (C=O) groups is 1. The first-order valence-corrected chi connectivity index (χ1v) is 14.3. The molecule has 8 nitrogen and oxygen atoms in total. The summed E-state index contributed by atoms with van der Waals surface area (Å²) >= 11 is 7.72. The van der Waals surface area contributed by atoms with Crippen LogP contribution in [0.2, 0.25) is 5.02 Å². The number of ether oxygens (including phenoxy) is 1. The summed E-state index contributed by atoms with van der Waals surface area (Å²) in [4.78, 5) is 23.3. The first-order valence-electron chi connectivity index (χ1n) is 11.3. The van der Waals surface area contributed by atoms with E-state index in [1.165, 1.54) is 30.9 Å². The number of benzene rings is 2. The van der Waals surface area contributed by atoms with Gasteiger partial charge in [-0.25, -0.2) is 13.4 Å². The molecule has 38 heavy (non-hydrogen) atoms. The lowest BCUT2D eigenvalue weighted by atomic mass is 10.1. The molecule has 0 spiro atoms. The number of anilines is 1. The van der Waals surface area contributed by atoms with Crippen molar-refractivity contribution in [3.8, 4) is 16.3 Å². The number of nitrogens with zero attached hydrogens (tertiary/aromatic N) is 2. The third-order valence-electron chi connectivity index (χ3n) is 5.37. The number of aliphatic imine (C=N–C) groups is 1. The lowest BCUT2D eigenvalue weighted by Crippen LogP contribution is -2.24. The first-order chi connectivity index (χ1) is 18.1. The fraction of sp³-hybridized carbons (Fsp3) is 0.111. The molecule has 0 aliphatic carbocycles. The molecule has 0 radical (unpaired) electrons. The zero-order valence-electron chi connectivity index (χ0n) is 20.4. The zero-order chi connectivity index (χ0) is 27.3. The van der Waals surface area contributed by atoms with Gasteiger partial charge in [0.2, 0.25) is 5.88 Å². The van der Waals surface area contributed by atoms with Crippen molar-refractivity contribution in [3.63, 3.8) is 0 Å². The first kappa shape index (κ1) is 27.2. The second kappa shape index (κ2) is 11.7. The molecule has 0 saturated carbocycles. The fourth-order valence-corrected chi connectivity index (χ4v) is 5.26. The van der Waals surface area contributed by atoms with E-state index in [-0.39, 0.29) is 17.0 Å². The van der Waals surface area contributed by atoms with Crippen LogP contribution in [0.25, 0.3) is 10.4 Å². The van der Waals surface area contributed by atoms with Gasteiger partial charge in [0, 0.05) is 28.5 Å². The van der Waals surface area contributed by atoms with Crippen LogP contribution < -0.4 is 10.1 Å². The minimum Gasteiger partial charge on any atom is -0.481 e. The highest BCUT2D eigenvalue weighted by Gasteiger charge is 2.18. The average molecular weight is 567 g/mol. The van der Waals surface area contributed by atoms with Crippen LogP contribution in [0.1, 0.15) is 11.3 Å². The number of thiophene rings is 1. The normalized spacial score (nSPS) is 11.7. The molecule has 1 amide bonds. The molecule has 2 heterocycles. The molecule has 0 atom stereocenters. The van der Waals surface area contributed by atoms with Crippen molar-refractivity contribution in [1.82, 2.24) is 4.98 Å². The Balaban J connectivity index is 1.63. The highest BCUT2D eigenvalue weighted by molar-refractivity contribution is 7.90. The Morgan fingerprint density at radius 2 is 1.89 bits per heavy atom. The Morgan fingerprint density at radius 3 is 2.58 bits per heavy atom. The highest BCUT2D eigenvalue weighted by Crippen LogP contribution is 2.32. The summed E-state index contributed by atoms with van der Waals surface area (Å²) in [6, 6.07) is 20.7. The molecule has 4 rings (SSSR count). The van der Waals surface area contributed by atoms with Crippen LogP contribution in [0.3, 0.4) is 0 Å². The van der Waals surface area contributed by atoms with Crippen molar-refractivity contribution in [3.05, 3.63) is 88.9 Å². The van der Waals surface area contributed by atoms with Gasteiger partial charge in [0.15, 0.2) is 9.84 Å². The van der Waals surface area contributed by atoms with E-state index < -0.39 is 15.7 Å². The van der Waals surface area contributed by atoms with E-state index in [1.807, 2.05) is 18.2 Å². The van der Waals surface area contributed by atoms with Crippen LogP contribution >= 0.6 is 22.9 Å². The quantitative estimate of drug-likeness (QED) is 0.239. The summed E-state index contributed by atoms with van der Waals surface area (Å²) in [5.41, 5.74) is 1.93. The van der Waals surface area contributed by atoms with Gasteiger partial charge in [-0.3, -0.25) is 15.2 Å². The largest absolute Gasteiger partial charge is 0.481 e. The topological polar surface area (TPSA) is 122 Å². The summed E-state index contributed by atoms with van der Waals surface area (Å²) in [6.45, 7) is 0. The van der Waals surface area contributed by atoms with Crippen molar-refractivity contribution in [2.75, 3.05) is 18.7 Å². The van der Waals surface area contributed by atoms with Crippen molar-refractivity contribution >= 4 is 61.5 Å². The van der Waals surface area contributed by atoms with Crippen molar-refractivity contribution in [2.24, 2.45) is 4.99 Å². The number of para-hydroxylation sites is 1. The SMILES string of the molecule is COc1ccc(NC(=O)C(=N)CC(=Nc2ccccc2Cl)c2ccc(-c3cccc(S(C)(=O)=O)c3)s2)cn1. The monoisotopic (exact) mass is 566 g/mol. The van der Waals surface area contributed by atoms with Gasteiger partial charge in [0.05, 0.1) is 40.3 Å². The molecule has 4 aromatic rings. The van der Waals surface area contributed by atoms with Gasteiger partial charge in [-0.05, 0) is 48.0 Å². The number of pyridine rings is 1. The summed E-state index contributed by atoms with van der Waals surface area (Å²) < 4.78 is 29.1. The predicted octanol–water partition coefficient (Wildman–Crippen LogP) is 6.04. The Labute approximate surface area is 229 Å². The van der Waals surface area contributed by atoms with E-state index in [0.29, 0.717) is 32.9 Å². The molecule has 2 aromatic carbocycles. The number of hydrogen-bond donors (Lipinski definition) is 2. The maximum Gasteiger partial charge on any atom is 0.269 e. The van der Waals surface area contributed by atoms with Crippen LogP contribution in [0.4, 0.5) is 11.4 Å². The van der Waals surface area contributed by atoms with E-state index >= 15 is 0 Å². The third-order valence-corrected chi connectivity index (χ3v) is 7.98. The van der Waals surface area contributed by atoms with E-state index in [1.54, 1.807) is 54.6 Å². The van der Waals surface area contributed by atoms with Gasteiger partial charge >= 0.3 is 0 Å². The number of amides is 1. The summed E-state index contributed by atoms with van der Waals surface area (Å²) in [5, 5.41) is 11.5. The molecule has 0 bridgehead atoms. The molecule has 0 fully saturated rings. The average Bonchev–Trinajstić information content (AvgIpc) is 3.40. The van der Waals surface area contributed by atoms with E-state index in [0.717, 1.165) is 10.4 Å². The molecule has 2 N–H and O–H groups in total. The van der Waals surface area contributed by atoms with Gasteiger partial charge in [0.25, 0.3) is 5.91 Å². The van der Waals surface area contributed by atoms with E-state index in [2.05, 4.69) is 10.3 Å². The van der Waals surface area contributed by atoms with Crippen LogP contribution in [-0.4, -0.2) is 44.1 Å². The predicted molar refractivity (Wildman–Crippen MR) is 152 cm³/mol. The van der Waals surface area contributed by atoms with Gasteiger partial charge in [0.1, 0.15) is 5.71 Å². The number of halogens is 1. The second-order valence-electron chi connectivity index (χ2n) is 8.17. The van der Waals surface area contributed by atoms with Gasteiger partial charge in [-0.1, -0.05) is 35.9 Å². The minimum atomic E-state index is -3.36. The molecular formula is C27H23ClN4O4S2. The van der Waals surface area contributed by atoms with Crippen molar-refractivity contribution in [2.45, 2.75) is 11.3 Å². The maximum absolute atomic E-state index is 12.8. The summed E-state index contributed by atoms with van der Waals surface area (Å²) in [5.74, 6) is -0.190. The Bertz CT molecular complexity index is 1630. The number of carbonyl (C=O) groups excluding carboxylic acids is 1. The van der Waals surface area contributed by atoms with Gasteiger partial charge < -0.3 is 10.1 Å². The fourth-order valence-electron chi connectivity index (χ4n) is 3.43. The number of nitrogens with one attached hydrogen (secondary N) is 2. The molecule has 0 aliphatic rings. The number of hydrogen-bond acceptors (Lipinski definition) is 8. The number of sulfone groups is 1. The molecule has 2 aromatic heterocycles. The molecule has 0 saturated heterocycles. The molecule has 11 heteroatoms. The lowest BCUT2D eigenvalue weighted by molar-refractivity contribution is -0.110. The van der Waals surface area contributed by atoms with E-state index in [9.17, 15) is 13.2 Å². The van der Waals surface area contributed by atoms with Crippen LogP contribution in [0.15, 0.2) is 88.9 Å². The van der Waals surface area contributed by atoms with Gasteiger partial charge in [-0.15, -0.1) is 11.3 Å². The Morgan fingerprint density at radius 1 is 1.11 bits per heavy atom. The number of aromatic nitrogens is 1. The lowest BCUT2D eigenvalue weighted by Gasteiger charge is -2.09. The standard InChI is InChI=1S/C27H23ClN4O4S2/c1-36-26-13-10-18(16-30-26)31-27(33)21(29)15-23(32-22-9-4-3-8-20(22)28)25-12-11-24(37-25)17-6-5-7-19(14-17)38(2,34)35/h3-14,16,29H,15H2,1-2H3,(H,31,33). The van der Waals surface area contributed by atoms with Gasteiger partial charge in [-0.2, -0.15) is 0 Å². The molecule has 194 valence electrons. The number of methoxy groups -OCH3 is 1. The van der Waals surface area contributed by atoms with Crippen LogP contribution in [0, 0.1) is 5.41 Å². The minimum absolute atomic E-state index is 0.0655. The molecule has 0 unspecified atom stereocenters. The maximum atomic E-state index is 12.8. The smallest absolute Gasteiger partial charge is 0.269 e. The van der Waals surface area contributed by atoms with Crippen LogP contribution in [-0.2, 0) is 14.6 Å². The van der Waals surface area contributed by atoms with E-state index in [4.69, 9.17) is 26.7 Å². The second-order valence-corrected chi connectivity index (χ2v) is 11.7. The van der Waals surface area contributed by atoms with Crippen LogP contribution in [0.5, 0.6) is 5.88 Å².